The van der Waals surface area contributed by atoms with E-state index in [-0.39, 0.29) is 49.3 Å². The summed E-state index contributed by atoms with van der Waals surface area (Å²) < 4.78 is 86.1. The molecule has 3 N–H and O–H groups in total. The fourth-order valence-corrected chi connectivity index (χ4v) is 4.25. The predicted molar refractivity (Wildman–Crippen MR) is 110 cm³/mol. The lowest BCUT2D eigenvalue weighted by atomic mass is 9.86. The molecule has 0 aliphatic heterocycles. The summed E-state index contributed by atoms with van der Waals surface area (Å²) in [5.41, 5.74) is 4.65. The normalized spacial score (nSPS) is 21.6. The van der Waals surface area contributed by atoms with E-state index in [1.54, 1.807) is 6.92 Å². The molecule has 0 radical (unpaired) electrons. The number of nitrogens with two attached hydrogens (primary N) is 1. The van der Waals surface area contributed by atoms with E-state index in [2.05, 4.69) is 0 Å². The third kappa shape index (κ3) is 5.90. The molecule has 1 saturated carbocycles. The van der Waals surface area contributed by atoms with E-state index in [4.69, 9.17) is 15.6 Å². The average molecular weight is 477 g/mol. The number of aliphatic carboxylic acids is 1. The van der Waals surface area contributed by atoms with E-state index in [0.717, 1.165) is 0 Å². The molecule has 3 rings (SSSR count). The average Bonchev–Trinajstić information content (AvgIpc) is 2.70. The van der Waals surface area contributed by atoms with Crippen molar-refractivity contribution in [2.75, 3.05) is 0 Å². The molecule has 1 aliphatic carbocycles. The molecule has 0 aromatic heterocycles. The fourth-order valence-electron chi connectivity index (χ4n) is 4.25. The third-order valence-electron chi connectivity index (χ3n) is 6.21. The summed E-state index contributed by atoms with van der Waals surface area (Å²) in [5, 5.41) is 9.02. The highest BCUT2D eigenvalue weighted by Crippen LogP contribution is 2.44. The molecule has 1 fully saturated rings. The zero-order valence-corrected chi connectivity index (χ0v) is 17.9. The van der Waals surface area contributed by atoms with Crippen LogP contribution in [0.1, 0.15) is 56.6 Å². The standard InChI is InChI=1S/C23H25F6NO3/c1-21(30,11-10-19(31)32)15-5-8-17-13(12-15)2-9-18(20(17)23(27,28)29)33-16-6-3-14(4-7-16)22(24,25)26/h2,5,8-9,12,14,16H,3-4,6-7,10-11,30H2,1H3,(H,31,32). The summed E-state index contributed by atoms with van der Waals surface area (Å²) in [5.74, 6) is -2.90. The molecule has 0 amide bonds. The maximum absolute atomic E-state index is 14.0. The van der Waals surface area contributed by atoms with Crippen LogP contribution >= 0.6 is 0 Å². The van der Waals surface area contributed by atoms with Crippen LogP contribution in [-0.4, -0.2) is 23.4 Å². The van der Waals surface area contributed by atoms with Gasteiger partial charge in [-0.2, -0.15) is 26.3 Å². The largest absolute Gasteiger partial charge is 0.490 e. The van der Waals surface area contributed by atoms with E-state index < -0.39 is 47.2 Å². The topological polar surface area (TPSA) is 72.6 Å². The summed E-state index contributed by atoms with van der Waals surface area (Å²) in [4.78, 5) is 10.9. The van der Waals surface area contributed by atoms with Crippen molar-refractivity contribution in [3.05, 3.63) is 41.5 Å². The maximum atomic E-state index is 14.0. The van der Waals surface area contributed by atoms with Crippen LogP contribution in [0.3, 0.4) is 0 Å². The SMILES string of the molecule is CC(N)(CCC(=O)O)c1ccc2c(C(F)(F)F)c(OC3CCC(C(F)(F)F)CC3)ccc2c1. The number of rotatable bonds is 6. The number of halogens is 6. The van der Waals surface area contributed by atoms with Crippen molar-refractivity contribution in [2.45, 2.75) is 69.4 Å². The van der Waals surface area contributed by atoms with Gasteiger partial charge in [-0.05, 0) is 67.5 Å². The van der Waals surface area contributed by atoms with Crippen LogP contribution in [0.4, 0.5) is 26.3 Å². The Bertz CT molecular complexity index is 1010. The highest BCUT2D eigenvalue weighted by Gasteiger charge is 2.43. The van der Waals surface area contributed by atoms with Gasteiger partial charge in [0.15, 0.2) is 0 Å². The number of hydrogen-bond donors (Lipinski definition) is 2. The zero-order chi connectivity index (χ0) is 24.6. The number of carboxylic acids is 1. The Kier molecular flexibility index (Phi) is 6.89. The quantitative estimate of drug-likeness (QED) is 0.473. The minimum absolute atomic E-state index is 0.0214. The van der Waals surface area contributed by atoms with Gasteiger partial charge in [0, 0.05) is 12.0 Å². The predicted octanol–water partition coefficient (Wildman–Crippen LogP) is 6.40. The van der Waals surface area contributed by atoms with Crippen LogP contribution < -0.4 is 10.5 Å². The van der Waals surface area contributed by atoms with Crippen LogP contribution in [0.2, 0.25) is 0 Å². The Balaban J connectivity index is 1.90. The van der Waals surface area contributed by atoms with E-state index in [9.17, 15) is 31.1 Å². The summed E-state index contributed by atoms with van der Waals surface area (Å²) in [6, 6.07) is 6.81. The molecular formula is C23H25F6NO3. The first kappa shape index (κ1) is 25.1. The smallest absolute Gasteiger partial charge is 0.420 e. The van der Waals surface area contributed by atoms with E-state index in [1.807, 2.05) is 0 Å². The lowest BCUT2D eigenvalue weighted by Gasteiger charge is -2.31. The summed E-state index contributed by atoms with van der Waals surface area (Å²) in [7, 11) is 0. The number of alkyl halides is 6. The molecule has 182 valence electrons. The van der Waals surface area contributed by atoms with Gasteiger partial charge in [-0.3, -0.25) is 4.79 Å². The van der Waals surface area contributed by atoms with Crippen LogP contribution in [0.5, 0.6) is 5.75 Å². The van der Waals surface area contributed by atoms with Gasteiger partial charge in [0.25, 0.3) is 0 Å². The Morgan fingerprint density at radius 3 is 2.24 bits per heavy atom. The Hall–Kier alpha value is -2.49. The maximum Gasteiger partial charge on any atom is 0.420 e. The first-order valence-corrected chi connectivity index (χ1v) is 10.6. The summed E-state index contributed by atoms with van der Waals surface area (Å²) in [6.45, 7) is 1.61. The highest BCUT2D eigenvalue weighted by atomic mass is 19.4. The van der Waals surface area contributed by atoms with Gasteiger partial charge >= 0.3 is 18.3 Å². The van der Waals surface area contributed by atoms with Crippen LogP contribution in [0.25, 0.3) is 10.8 Å². The molecular weight excluding hydrogens is 452 g/mol. The minimum Gasteiger partial charge on any atom is -0.490 e. The second-order valence-electron chi connectivity index (χ2n) is 8.82. The van der Waals surface area contributed by atoms with Crippen molar-refractivity contribution in [3.63, 3.8) is 0 Å². The molecule has 2 aromatic rings. The molecule has 2 aromatic carbocycles. The summed E-state index contributed by atoms with van der Waals surface area (Å²) >= 11 is 0. The van der Waals surface area contributed by atoms with Crippen LogP contribution in [0.15, 0.2) is 30.3 Å². The number of benzene rings is 2. The lowest BCUT2D eigenvalue weighted by Crippen LogP contribution is -2.33. The van der Waals surface area contributed by atoms with Crippen molar-refractivity contribution in [3.8, 4) is 5.75 Å². The molecule has 4 nitrogen and oxygen atoms in total. The highest BCUT2D eigenvalue weighted by molar-refractivity contribution is 5.89. The van der Waals surface area contributed by atoms with Gasteiger partial charge in [-0.1, -0.05) is 18.2 Å². The van der Waals surface area contributed by atoms with Gasteiger partial charge in [0.05, 0.1) is 12.0 Å². The zero-order valence-electron chi connectivity index (χ0n) is 17.9. The molecule has 1 unspecified atom stereocenters. The van der Waals surface area contributed by atoms with Crippen LogP contribution in [0, 0.1) is 5.92 Å². The van der Waals surface area contributed by atoms with Gasteiger partial charge in [-0.25, -0.2) is 0 Å². The number of fused-ring (bicyclic) bond motifs is 1. The molecule has 0 saturated heterocycles. The molecule has 1 atom stereocenters. The molecule has 0 spiro atoms. The van der Waals surface area contributed by atoms with Gasteiger partial charge in [0.1, 0.15) is 11.3 Å². The van der Waals surface area contributed by atoms with Crippen molar-refractivity contribution < 1.29 is 41.0 Å². The first-order chi connectivity index (χ1) is 15.2. The van der Waals surface area contributed by atoms with Gasteiger partial charge in [-0.15, -0.1) is 0 Å². The van der Waals surface area contributed by atoms with E-state index >= 15 is 0 Å². The Morgan fingerprint density at radius 2 is 1.70 bits per heavy atom. The molecule has 0 bridgehead atoms. The lowest BCUT2D eigenvalue weighted by molar-refractivity contribution is -0.185. The monoisotopic (exact) mass is 477 g/mol. The number of carbonyl (C=O) groups is 1. The Morgan fingerprint density at radius 1 is 1.06 bits per heavy atom. The minimum atomic E-state index is -4.76. The van der Waals surface area contributed by atoms with Gasteiger partial charge < -0.3 is 15.6 Å². The molecule has 0 heterocycles. The van der Waals surface area contributed by atoms with E-state index in [1.165, 1.54) is 30.3 Å². The molecule has 1 aliphatic rings. The number of carboxylic acid groups (broad SMARTS) is 1. The summed E-state index contributed by atoms with van der Waals surface area (Å²) in [6.07, 6.45) is -10.2. The van der Waals surface area contributed by atoms with Crippen molar-refractivity contribution in [1.29, 1.82) is 0 Å². The second-order valence-corrected chi connectivity index (χ2v) is 8.82. The number of hydrogen-bond acceptors (Lipinski definition) is 3. The van der Waals surface area contributed by atoms with Crippen molar-refractivity contribution >= 4 is 16.7 Å². The van der Waals surface area contributed by atoms with Crippen LogP contribution in [-0.2, 0) is 16.5 Å². The second kappa shape index (κ2) is 9.04. The van der Waals surface area contributed by atoms with Crippen molar-refractivity contribution in [2.24, 2.45) is 11.7 Å². The van der Waals surface area contributed by atoms with Crippen molar-refractivity contribution in [1.82, 2.24) is 0 Å². The Labute approximate surface area is 186 Å². The van der Waals surface area contributed by atoms with Gasteiger partial charge in [0.2, 0.25) is 0 Å². The number of ether oxygens (including phenoxy) is 1. The third-order valence-corrected chi connectivity index (χ3v) is 6.21. The first-order valence-electron chi connectivity index (χ1n) is 10.6. The van der Waals surface area contributed by atoms with E-state index in [0.29, 0.717) is 5.56 Å². The molecule has 10 heteroatoms. The molecule has 33 heavy (non-hydrogen) atoms. The fraction of sp³-hybridized carbons (Fsp3) is 0.522.